The summed E-state index contributed by atoms with van der Waals surface area (Å²) in [5, 5.41) is 5.47. The Labute approximate surface area is 118 Å². The van der Waals surface area contributed by atoms with Crippen LogP contribution in [0.25, 0.3) is 0 Å². The molecule has 0 unspecified atom stereocenters. The third-order valence-corrected chi connectivity index (χ3v) is 3.44. The molecule has 0 fully saturated rings. The van der Waals surface area contributed by atoms with Gasteiger partial charge in [-0.2, -0.15) is 0 Å². The highest BCUT2D eigenvalue weighted by Gasteiger charge is 2.12. The molecule has 0 bridgehead atoms. The molecule has 0 aliphatic rings. The molecular weight excluding hydrogens is 260 g/mol. The maximum atomic E-state index is 12.0. The molecule has 0 aliphatic carbocycles. The number of unbranched alkanes of at least 4 members (excludes halogenated alkanes) is 1. The van der Waals surface area contributed by atoms with Crippen LogP contribution in [0.1, 0.15) is 49.9 Å². The summed E-state index contributed by atoms with van der Waals surface area (Å²) in [7, 11) is 1.62. The first kappa shape index (κ1) is 15.7. The highest BCUT2D eigenvalue weighted by Crippen LogP contribution is 2.27. The van der Waals surface area contributed by atoms with E-state index in [4.69, 9.17) is 4.74 Å². The summed E-state index contributed by atoms with van der Waals surface area (Å²) in [6, 6.07) is 1.81. The van der Waals surface area contributed by atoms with Gasteiger partial charge in [0, 0.05) is 13.0 Å². The van der Waals surface area contributed by atoms with Crippen LogP contribution in [-0.4, -0.2) is 25.5 Å². The van der Waals surface area contributed by atoms with Gasteiger partial charge in [0.25, 0.3) is 5.91 Å². The van der Waals surface area contributed by atoms with E-state index >= 15 is 0 Å². The van der Waals surface area contributed by atoms with E-state index in [9.17, 15) is 4.79 Å². The Bertz CT molecular complexity index is 427. The van der Waals surface area contributed by atoms with Gasteiger partial charge in [-0.3, -0.25) is 4.79 Å². The molecule has 0 spiro atoms. The highest BCUT2D eigenvalue weighted by atomic mass is 32.1. The predicted molar refractivity (Wildman–Crippen MR) is 80.6 cm³/mol. The van der Waals surface area contributed by atoms with Crippen molar-refractivity contribution in [3.8, 4) is 0 Å². The number of rotatable bonds is 7. The minimum absolute atomic E-state index is 0.0622. The Kier molecular flexibility index (Phi) is 7.18. The van der Waals surface area contributed by atoms with E-state index in [1.807, 2.05) is 18.4 Å². The second kappa shape index (κ2) is 8.69. The molecular formula is C14H22N2O2S. The van der Waals surface area contributed by atoms with Crippen LogP contribution in [0.3, 0.4) is 0 Å². The highest BCUT2D eigenvalue weighted by molar-refractivity contribution is 7.14. The molecule has 1 amide bonds. The number of aliphatic imine (C=N–C) groups is 1. The Hall–Kier alpha value is -1.36. The number of amides is 1. The number of nitrogens with zero attached hydrogens (tertiary/aromatic N) is 1. The van der Waals surface area contributed by atoms with Crippen LogP contribution in [0.5, 0.6) is 0 Å². The molecule has 4 nitrogen and oxygen atoms in total. The molecule has 19 heavy (non-hydrogen) atoms. The first-order valence-electron chi connectivity index (χ1n) is 6.70. The summed E-state index contributed by atoms with van der Waals surface area (Å²) in [6.07, 6.45) is 3.86. The zero-order valence-corrected chi connectivity index (χ0v) is 12.7. The molecule has 0 aromatic carbocycles. The molecule has 1 N–H and O–H groups in total. The average molecular weight is 282 g/mol. The molecule has 5 heteroatoms. The monoisotopic (exact) mass is 282 g/mol. The number of thiophene rings is 1. The van der Waals surface area contributed by atoms with Gasteiger partial charge in [-0.25, -0.2) is 4.99 Å². The topological polar surface area (TPSA) is 50.7 Å². The number of hydrogen-bond donors (Lipinski definition) is 1. The van der Waals surface area contributed by atoms with Gasteiger partial charge in [0.05, 0.1) is 12.7 Å². The smallest absolute Gasteiger partial charge is 0.254 e. The Morgan fingerprint density at radius 2 is 2.21 bits per heavy atom. The fourth-order valence-corrected chi connectivity index (χ4v) is 2.31. The van der Waals surface area contributed by atoms with Gasteiger partial charge in [0.15, 0.2) is 5.90 Å². The lowest BCUT2D eigenvalue weighted by atomic mass is 10.2. The zero-order chi connectivity index (χ0) is 14.1. The van der Waals surface area contributed by atoms with E-state index < -0.39 is 0 Å². The fourth-order valence-electron chi connectivity index (χ4n) is 1.54. The molecule has 0 saturated carbocycles. The fraction of sp³-hybridized carbons (Fsp3) is 0.571. The van der Waals surface area contributed by atoms with Gasteiger partial charge in [0.1, 0.15) is 5.00 Å². The van der Waals surface area contributed by atoms with Gasteiger partial charge in [-0.15, -0.1) is 11.3 Å². The van der Waals surface area contributed by atoms with Crippen LogP contribution in [-0.2, 0) is 4.74 Å². The van der Waals surface area contributed by atoms with Crippen LogP contribution in [0, 0.1) is 0 Å². The van der Waals surface area contributed by atoms with Crippen molar-refractivity contribution in [1.82, 2.24) is 5.32 Å². The number of methoxy groups -OCH3 is 1. The summed E-state index contributed by atoms with van der Waals surface area (Å²) in [5.74, 6) is 0.627. The molecule has 0 saturated heterocycles. The molecule has 106 valence electrons. The van der Waals surface area contributed by atoms with E-state index in [1.54, 1.807) is 7.11 Å². The number of carbonyl (C=O) groups is 1. The Morgan fingerprint density at radius 1 is 1.42 bits per heavy atom. The van der Waals surface area contributed by atoms with Crippen LogP contribution in [0.15, 0.2) is 16.4 Å². The largest absolute Gasteiger partial charge is 0.484 e. The standard InChI is InChI=1S/C14H22N2O2S/c1-4-6-7-12(18-3)16-14-11(8-10-19-14)13(17)15-9-5-2/h8,10H,4-7,9H2,1-3H3,(H,15,17)/b16-12-. The maximum absolute atomic E-state index is 12.0. The van der Waals surface area contributed by atoms with Crippen molar-refractivity contribution >= 4 is 28.1 Å². The summed E-state index contributed by atoms with van der Waals surface area (Å²) in [4.78, 5) is 16.4. The van der Waals surface area contributed by atoms with E-state index in [0.29, 0.717) is 18.0 Å². The lowest BCUT2D eigenvalue weighted by Crippen LogP contribution is -2.23. The SMILES string of the molecule is CCCC/C(=N/c1sccc1C(=O)NCCC)OC. The minimum atomic E-state index is -0.0622. The molecule has 0 aliphatic heterocycles. The number of nitrogens with one attached hydrogen (secondary N) is 1. The van der Waals surface area contributed by atoms with Crippen LogP contribution in [0.2, 0.25) is 0 Å². The van der Waals surface area contributed by atoms with Gasteiger partial charge in [-0.1, -0.05) is 20.3 Å². The summed E-state index contributed by atoms with van der Waals surface area (Å²) in [5.41, 5.74) is 0.629. The van der Waals surface area contributed by atoms with E-state index in [-0.39, 0.29) is 5.91 Å². The zero-order valence-electron chi connectivity index (χ0n) is 11.9. The normalized spacial score (nSPS) is 11.4. The van der Waals surface area contributed by atoms with Crippen molar-refractivity contribution in [1.29, 1.82) is 0 Å². The molecule has 0 radical (unpaired) electrons. The Balaban J connectivity index is 2.80. The molecule has 1 aromatic heterocycles. The average Bonchev–Trinajstić information content (AvgIpc) is 2.88. The predicted octanol–water partition coefficient (Wildman–Crippen LogP) is 3.75. The van der Waals surface area contributed by atoms with E-state index in [1.165, 1.54) is 11.3 Å². The van der Waals surface area contributed by atoms with Crippen LogP contribution >= 0.6 is 11.3 Å². The molecule has 1 aromatic rings. The minimum Gasteiger partial charge on any atom is -0.484 e. The lowest BCUT2D eigenvalue weighted by molar-refractivity contribution is 0.0955. The van der Waals surface area contributed by atoms with Gasteiger partial charge >= 0.3 is 0 Å². The number of ether oxygens (including phenoxy) is 1. The van der Waals surface area contributed by atoms with E-state index in [0.717, 1.165) is 30.7 Å². The molecule has 1 rings (SSSR count). The second-order valence-electron chi connectivity index (χ2n) is 4.21. The van der Waals surface area contributed by atoms with Crippen molar-refractivity contribution in [2.24, 2.45) is 4.99 Å². The van der Waals surface area contributed by atoms with Gasteiger partial charge in [-0.05, 0) is 24.3 Å². The lowest BCUT2D eigenvalue weighted by Gasteiger charge is -2.05. The first-order chi connectivity index (χ1) is 9.22. The molecule has 1 heterocycles. The Morgan fingerprint density at radius 3 is 2.84 bits per heavy atom. The van der Waals surface area contributed by atoms with Crippen molar-refractivity contribution in [2.75, 3.05) is 13.7 Å². The van der Waals surface area contributed by atoms with Crippen molar-refractivity contribution in [3.05, 3.63) is 17.0 Å². The van der Waals surface area contributed by atoms with Gasteiger partial charge in [0.2, 0.25) is 0 Å². The van der Waals surface area contributed by atoms with Crippen molar-refractivity contribution in [2.45, 2.75) is 39.5 Å². The van der Waals surface area contributed by atoms with Crippen LogP contribution in [0.4, 0.5) is 5.00 Å². The van der Waals surface area contributed by atoms with Gasteiger partial charge < -0.3 is 10.1 Å². The van der Waals surface area contributed by atoms with Crippen molar-refractivity contribution in [3.63, 3.8) is 0 Å². The second-order valence-corrected chi connectivity index (χ2v) is 5.10. The summed E-state index contributed by atoms with van der Waals surface area (Å²) in [6.45, 7) is 4.84. The summed E-state index contributed by atoms with van der Waals surface area (Å²) >= 11 is 1.46. The quantitative estimate of drug-likeness (QED) is 0.611. The number of carbonyl (C=O) groups excluding carboxylic acids is 1. The third-order valence-electron chi connectivity index (χ3n) is 2.63. The summed E-state index contributed by atoms with van der Waals surface area (Å²) < 4.78 is 5.27. The van der Waals surface area contributed by atoms with Crippen LogP contribution < -0.4 is 5.32 Å². The third kappa shape index (κ3) is 5.03. The first-order valence-corrected chi connectivity index (χ1v) is 7.58. The van der Waals surface area contributed by atoms with E-state index in [2.05, 4.69) is 17.2 Å². The maximum Gasteiger partial charge on any atom is 0.254 e. The number of hydrogen-bond acceptors (Lipinski definition) is 4. The molecule has 0 atom stereocenters. The van der Waals surface area contributed by atoms with Crippen molar-refractivity contribution < 1.29 is 9.53 Å².